The number of aryl methyl sites for hydroxylation is 1. The van der Waals surface area contributed by atoms with Crippen LogP contribution in [0.25, 0.3) is 17.1 Å². The summed E-state index contributed by atoms with van der Waals surface area (Å²) >= 11 is 11.3. The van der Waals surface area contributed by atoms with Crippen molar-refractivity contribution < 1.29 is 13.2 Å². The van der Waals surface area contributed by atoms with Crippen LogP contribution in [0.15, 0.2) is 40.8 Å². The molecule has 3 nitrogen and oxygen atoms in total. The van der Waals surface area contributed by atoms with E-state index in [9.17, 15) is 8.78 Å². The minimum atomic E-state index is -0.779. The third-order valence-corrected chi connectivity index (χ3v) is 3.87. The lowest BCUT2D eigenvalue weighted by Gasteiger charge is -2.04. The van der Waals surface area contributed by atoms with Gasteiger partial charge in [-0.2, -0.15) is 4.68 Å². The molecule has 0 N–H and O–H groups in total. The van der Waals surface area contributed by atoms with E-state index in [1.54, 1.807) is 12.1 Å². The maximum atomic E-state index is 13.8. The van der Waals surface area contributed by atoms with Crippen LogP contribution in [0.1, 0.15) is 5.56 Å². The van der Waals surface area contributed by atoms with Crippen LogP contribution in [0.2, 0.25) is 5.02 Å². The Morgan fingerprint density at radius 3 is 2.45 bits per heavy atom. The lowest BCUT2D eigenvalue weighted by atomic mass is 10.2. The van der Waals surface area contributed by atoms with Crippen LogP contribution >= 0.6 is 23.8 Å². The molecule has 0 radical (unpaired) electrons. The molecule has 0 unspecified atom stereocenters. The molecule has 1 aromatic heterocycles. The molecule has 0 fully saturated rings. The predicted octanol–water partition coefficient (Wildman–Crippen LogP) is 5.10. The minimum absolute atomic E-state index is 0.0508. The topological polar surface area (TPSA) is 31.0 Å². The van der Waals surface area contributed by atoms with Crippen LogP contribution in [-0.2, 0) is 0 Å². The molecule has 0 atom stereocenters. The monoisotopic (exact) mass is 338 g/mol. The Hall–Kier alpha value is -2.05. The number of rotatable bonds is 2. The summed E-state index contributed by atoms with van der Waals surface area (Å²) in [6.07, 6.45) is 0. The van der Waals surface area contributed by atoms with Gasteiger partial charge in [-0.05, 0) is 42.9 Å². The zero-order valence-corrected chi connectivity index (χ0v) is 12.9. The Labute approximate surface area is 134 Å². The zero-order chi connectivity index (χ0) is 15.9. The van der Waals surface area contributed by atoms with Gasteiger partial charge in [0.15, 0.2) is 0 Å². The molecule has 0 bridgehead atoms. The fraction of sp³-hybridized carbons (Fsp3) is 0.0667. The molecule has 2 aromatic carbocycles. The lowest BCUT2D eigenvalue weighted by molar-refractivity contribution is 0.525. The first-order valence-corrected chi connectivity index (χ1v) is 7.07. The normalized spacial score (nSPS) is 10.9. The molecule has 0 aliphatic heterocycles. The Balaban J connectivity index is 2.21. The first kappa shape index (κ1) is 14.9. The summed E-state index contributed by atoms with van der Waals surface area (Å²) in [5.41, 5.74) is 0.942. The van der Waals surface area contributed by atoms with Crippen LogP contribution in [-0.4, -0.2) is 9.78 Å². The molecular weight excluding hydrogens is 330 g/mol. The summed E-state index contributed by atoms with van der Waals surface area (Å²) in [6, 6.07) is 8.79. The second-order valence-corrected chi connectivity index (χ2v) is 5.32. The van der Waals surface area contributed by atoms with Gasteiger partial charge in [0.25, 0.3) is 10.7 Å². The molecule has 0 aliphatic carbocycles. The van der Waals surface area contributed by atoms with Gasteiger partial charge >= 0.3 is 0 Å². The Bertz CT molecular complexity index is 900. The first-order valence-electron chi connectivity index (χ1n) is 6.29. The van der Waals surface area contributed by atoms with E-state index < -0.39 is 11.6 Å². The van der Waals surface area contributed by atoms with E-state index >= 15 is 0 Å². The van der Waals surface area contributed by atoms with Crippen molar-refractivity contribution in [2.45, 2.75) is 6.92 Å². The van der Waals surface area contributed by atoms with Crippen LogP contribution in [0, 0.1) is 23.4 Å². The summed E-state index contributed by atoms with van der Waals surface area (Å²) in [7, 11) is 0. The summed E-state index contributed by atoms with van der Waals surface area (Å²) in [6.45, 7) is 1.83. The number of benzene rings is 2. The molecule has 0 amide bonds. The molecule has 0 saturated heterocycles. The van der Waals surface area contributed by atoms with E-state index in [1.807, 2.05) is 13.0 Å². The molecule has 0 aliphatic rings. The average molecular weight is 339 g/mol. The highest BCUT2D eigenvalue weighted by molar-refractivity contribution is 7.71. The van der Waals surface area contributed by atoms with Crippen molar-refractivity contribution in [2.24, 2.45) is 0 Å². The quantitative estimate of drug-likeness (QED) is 0.609. The highest BCUT2D eigenvalue weighted by Crippen LogP contribution is 2.28. The van der Waals surface area contributed by atoms with E-state index in [0.717, 1.165) is 17.7 Å². The standard InChI is InChI=1S/C15H9ClF2N2OS/c1-8-4-2-7-11(13(8)16)20-15(22)21-14(19-20)12-9(17)5-3-6-10(12)18/h2-7H,1H3. The second kappa shape index (κ2) is 5.62. The van der Waals surface area contributed by atoms with Gasteiger partial charge in [-0.15, -0.1) is 5.10 Å². The van der Waals surface area contributed by atoms with E-state index in [4.69, 9.17) is 28.2 Å². The zero-order valence-electron chi connectivity index (χ0n) is 11.3. The second-order valence-electron chi connectivity index (χ2n) is 4.59. The van der Waals surface area contributed by atoms with Crippen molar-refractivity contribution in [1.29, 1.82) is 0 Å². The SMILES string of the molecule is Cc1cccc(-n2nc(-c3c(F)cccc3F)oc2=S)c1Cl. The molecule has 1 heterocycles. The lowest BCUT2D eigenvalue weighted by Crippen LogP contribution is -1.99. The average Bonchev–Trinajstić information content (AvgIpc) is 2.83. The number of aromatic nitrogens is 2. The maximum absolute atomic E-state index is 13.8. The molecule has 7 heteroatoms. The van der Waals surface area contributed by atoms with Gasteiger partial charge in [0.2, 0.25) is 0 Å². The fourth-order valence-electron chi connectivity index (χ4n) is 2.03. The van der Waals surface area contributed by atoms with Crippen LogP contribution < -0.4 is 0 Å². The van der Waals surface area contributed by atoms with Crippen molar-refractivity contribution in [3.05, 3.63) is 63.5 Å². The van der Waals surface area contributed by atoms with Gasteiger partial charge in [0, 0.05) is 0 Å². The molecule has 0 saturated carbocycles. The number of hydrogen-bond donors (Lipinski definition) is 0. The number of halogens is 3. The Morgan fingerprint density at radius 2 is 1.77 bits per heavy atom. The van der Waals surface area contributed by atoms with E-state index in [0.29, 0.717) is 10.7 Å². The van der Waals surface area contributed by atoms with Crippen molar-refractivity contribution in [1.82, 2.24) is 9.78 Å². The van der Waals surface area contributed by atoms with Gasteiger partial charge in [-0.1, -0.05) is 29.8 Å². The van der Waals surface area contributed by atoms with Gasteiger partial charge in [-0.3, -0.25) is 0 Å². The highest BCUT2D eigenvalue weighted by Gasteiger charge is 2.19. The van der Waals surface area contributed by atoms with Crippen LogP contribution in [0.5, 0.6) is 0 Å². The van der Waals surface area contributed by atoms with Gasteiger partial charge in [0.05, 0.1) is 10.7 Å². The summed E-state index contributed by atoms with van der Waals surface area (Å²) in [5, 5.41) is 4.49. The molecular formula is C15H9ClF2N2OS. The third kappa shape index (κ3) is 2.44. The van der Waals surface area contributed by atoms with Crippen molar-refractivity contribution in [2.75, 3.05) is 0 Å². The van der Waals surface area contributed by atoms with Gasteiger partial charge < -0.3 is 4.42 Å². The Kier molecular flexibility index (Phi) is 3.80. The predicted molar refractivity (Wildman–Crippen MR) is 81.8 cm³/mol. The molecule has 3 aromatic rings. The smallest absolute Gasteiger partial charge is 0.292 e. The summed E-state index contributed by atoms with van der Waals surface area (Å²) in [4.78, 5) is -0.0508. The van der Waals surface area contributed by atoms with Crippen molar-refractivity contribution in [3.63, 3.8) is 0 Å². The fourth-order valence-corrected chi connectivity index (χ4v) is 2.45. The molecule has 112 valence electrons. The van der Waals surface area contributed by atoms with Crippen molar-refractivity contribution in [3.8, 4) is 17.1 Å². The van der Waals surface area contributed by atoms with Crippen molar-refractivity contribution >= 4 is 23.8 Å². The van der Waals surface area contributed by atoms with Crippen LogP contribution in [0.3, 0.4) is 0 Å². The first-order chi connectivity index (χ1) is 10.5. The van der Waals surface area contributed by atoms with E-state index in [1.165, 1.54) is 10.7 Å². The molecule has 0 spiro atoms. The largest absolute Gasteiger partial charge is 0.409 e. The number of hydrogen-bond acceptors (Lipinski definition) is 3. The summed E-state index contributed by atoms with van der Waals surface area (Å²) < 4.78 is 34.1. The van der Waals surface area contributed by atoms with Crippen LogP contribution in [0.4, 0.5) is 8.78 Å². The van der Waals surface area contributed by atoms with Gasteiger partial charge in [-0.25, -0.2) is 8.78 Å². The van der Waals surface area contributed by atoms with E-state index in [2.05, 4.69) is 5.10 Å². The third-order valence-electron chi connectivity index (χ3n) is 3.12. The van der Waals surface area contributed by atoms with E-state index in [-0.39, 0.29) is 16.3 Å². The minimum Gasteiger partial charge on any atom is -0.409 e. The van der Waals surface area contributed by atoms with Gasteiger partial charge in [0.1, 0.15) is 17.2 Å². The summed E-state index contributed by atoms with van der Waals surface area (Å²) in [5.74, 6) is -1.80. The number of nitrogens with zero attached hydrogens (tertiary/aromatic N) is 2. The molecule has 3 rings (SSSR count). The Morgan fingerprint density at radius 1 is 1.14 bits per heavy atom. The highest BCUT2D eigenvalue weighted by atomic mass is 35.5. The maximum Gasteiger partial charge on any atom is 0.292 e. The molecule has 22 heavy (non-hydrogen) atoms.